The van der Waals surface area contributed by atoms with Crippen LogP contribution in [0.2, 0.25) is 5.02 Å². The Bertz CT molecular complexity index is 1000. The predicted octanol–water partition coefficient (Wildman–Crippen LogP) is 1.87. The molecule has 0 radical (unpaired) electrons. The molecule has 1 aromatic carbocycles. The lowest BCUT2D eigenvalue weighted by Gasteiger charge is -2.26. The van der Waals surface area contributed by atoms with Crippen LogP contribution < -0.4 is 5.32 Å². The fourth-order valence-corrected chi connectivity index (χ4v) is 4.30. The molecule has 1 aromatic heterocycles. The molecule has 1 aliphatic rings. The van der Waals surface area contributed by atoms with Gasteiger partial charge in [-0.3, -0.25) is 4.79 Å². The standard InChI is InChI=1S/C18H20ClN3O6S/c1-12(28-18(24)16-9-13(19)11-20-16)17(23)21-14-3-2-4-15(10-14)29(25,26)22-5-7-27-8-6-22/h2-4,9-12,20H,5-8H2,1H3,(H,21,23)/t12-/m1/s1. The first-order chi connectivity index (χ1) is 13.8. The zero-order valence-corrected chi connectivity index (χ0v) is 17.1. The molecule has 2 N–H and O–H groups in total. The van der Waals surface area contributed by atoms with E-state index in [9.17, 15) is 18.0 Å². The zero-order chi connectivity index (χ0) is 21.0. The number of nitrogens with zero attached hydrogens (tertiary/aromatic N) is 1. The highest BCUT2D eigenvalue weighted by Gasteiger charge is 2.27. The van der Waals surface area contributed by atoms with E-state index in [1.54, 1.807) is 6.07 Å². The number of hydrogen-bond donors (Lipinski definition) is 2. The van der Waals surface area contributed by atoms with Gasteiger partial charge in [-0.2, -0.15) is 4.31 Å². The average molecular weight is 442 g/mol. The first-order valence-corrected chi connectivity index (χ1v) is 10.6. The zero-order valence-electron chi connectivity index (χ0n) is 15.6. The summed E-state index contributed by atoms with van der Waals surface area (Å²) in [7, 11) is -3.69. The van der Waals surface area contributed by atoms with E-state index in [-0.39, 0.29) is 29.4 Å². The Morgan fingerprint density at radius 3 is 2.66 bits per heavy atom. The third-order valence-electron chi connectivity index (χ3n) is 4.23. The Morgan fingerprint density at radius 1 is 1.28 bits per heavy atom. The van der Waals surface area contributed by atoms with E-state index in [0.717, 1.165) is 0 Å². The van der Waals surface area contributed by atoms with Crippen LogP contribution in [0.5, 0.6) is 0 Å². The fourth-order valence-electron chi connectivity index (χ4n) is 2.68. The summed E-state index contributed by atoms with van der Waals surface area (Å²) < 4.78 is 37.1. The van der Waals surface area contributed by atoms with E-state index in [2.05, 4.69) is 10.3 Å². The molecule has 1 amide bonds. The third kappa shape index (κ3) is 5.15. The average Bonchev–Trinajstić information content (AvgIpc) is 3.15. The number of hydrogen-bond acceptors (Lipinski definition) is 6. The number of rotatable bonds is 6. The number of amides is 1. The van der Waals surface area contributed by atoms with Crippen molar-refractivity contribution in [2.45, 2.75) is 17.9 Å². The van der Waals surface area contributed by atoms with Gasteiger partial charge in [-0.25, -0.2) is 13.2 Å². The van der Waals surface area contributed by atoms with Crippen LogP contribution in [0, 0.1) is 0 Å². The van der Waals surface area contributed by atoms with Gasteiger partial charge in [-0.05, 0) is 31.2 Å². The molecule has 0 saturated carbocycles. The number of morpholine rings is 1. The van der Waals surface area contributed by atoms with Crippen molar-refractivity contribution in [2.24, 2.45) is 0 Å². The second-order valence-electron chi connectivity index (χ2n) is 6.31. The van der Waals surface area contributed by atoms with Crippen LogP contribution in [-0.4, -0.2) is 62.0 Å². The van der Waals surface area contributed by atoms with Crippen LogP contribution in [0.25, 0.3) is 0 Å². The molecule has 0 spiro atoms. The summed E-state index contributed by atoms with van der Waals surface area (Å²) in [5, 5.41) is 2.90. The topological polar surface area (TPSA) is 118 Å². The molecular formula is C18H20ClN3O6S. The Morgan fingerprint density at radius 2 is 2.00 bits per heavy atom. The van der Waals surface area contributed by atoms with Crippen molar-refractivity contribution in [3.05, 3.63) is 47.2 Å². The minimum Gasteiger partial charge on any atom is -0.448 e. The first kappa shape index (κ1) is 21.3. The fraction of sp³-hybridized carbons (Fsp3) is 0.333. The van der Waals surface area contributed by atoms with Gasteiger partial charge in [0.2, 0.25) is 10.0 Å². The number of nitrogens with one attached hydrogen (secondary N) is 2. The number of aromatic amines is 1. The van der Waals surface area contributed by atoms with E-state index >= 15 is 0 Å². The van der Waals surface area contributed by atoms with Crippen molar-refractivity contribution >= 4 is 39.2 Å². The Hall–Kier alpha value is -2.40. The van der Waals surface area contributed by atoms with Crippen LogP contribution in [0.15, 0.2) is 41.4 Å². The van der Waals surface area contributed by atoms with Crippen LogP contribution in [-0.2, 0) is 24.3 Å². The largest absolute Gasteiger partial charge is 0.448 e. The van der Waals surface area contributed by atoms with Crippen molar-refractivity contribution in [2.75, 3.05) is 31.6 Å². The molecule has 1 aliphatic heterocycles. The Kier molecular flexibility index (Phi) is 6.58. The summed E-state index contributed by atoms with van der Waals surface area (Å²) in [5.41, 5.74) is 0.392. The maximum absolute atomic E-state index is 12.7. The summed E-state index contributed by atoms with van der Waals surface area (Å²) >= 11 is 5.74. The molecule has 1 saturated heterocycles. The second kappa shape index (κ2) is 8.95. The maximum Gasteiger partial charge on any atom is 0.355 e. The van der Waals surface area contributed by atoms with E-state index < -0.39 is 28.0 Å². The minimum atomic E-state index is -3.69. The van der Waals surface area contributed by atoms with E-state index in [0.29, 0.717) is 18.2 Å². The van der Waals surface area contributed by atoms with Gasteiger partial charge < -0.3 is 19.8 Å². The molecule has 2 heterocycles. The number of esters is 1. The number of carbonyl (C=O) groups excluding carboxylic acids is 2. The normalized spacial score (nSPS) is 16.2. The SMILES string of the molecule is C[C@@H](OC(=O)c1cc(Cl)c[nH]1)C(=O)Nc1cccc(S(=O)(=O)N2CCOCC2)c1. The monoisotopic (exact) mass is 441 g/mol. The van der Waals surface area contributed by atoms with E-state index in [4.69, 9.17) is 21.1 Å². The highest BCUT2D eigenvalue weighted by atomic mass is 35.5. The molecular weight excluding hydrogens is 422 g/mol. The Labute approximate surface area is 173 Å². The van der Waals surface area contributed by atoms with Gasteiger partial charge in [0.1, 0.15) is 5.69 Å². The number of H-pyrrole nitrogens is 1. The summed E-state index contributed by atoms with van der Waals surface area (Å²) in [5.74, 6) is -1.33. The van der Waals surface area contributed by atoms with Gasteiger partial charge >= 0.3 is 5.97 Å². The Balaban J connectivity index is 1.66. The van der Waals surface area contributed by atoms with Crippen LogP contribution >= 0.6 is 11.6 Å². The summed E-state index contributed by atoms with van der Waals surface area (Å²) in [4.78, 5) is 27.0. The molecule has 0 aliphatic carbocycles. The van der Waals surface area contributed by atoms with Crippen LogP contribution in [0.1, 0.15) is 17.4 Å². The molecule has 2 aromatic rings. The molecule has 1 fully saturated rings. The molecule has 11 heteroatoms. The predicted molar refractivity (Wildman–Crippen MR) is 105 cm³/mol. The lowest BCUT2D eigenvalue weighted by Crippen LogP contribution is -2.40. The van der Waals surface area contributed by atoms with Crippen LogP contribution in [0.4, 0.5) is 5.69 Å². The van der Waals surface area contributed by atoms with Crippen molar-refractivity contribution in [1.82, 2.24) is 9.29 Å². The quantitative estimate of drug-likeness (QED) is 0.661. The van der Waals surface area contributed by atoms with Gasteiger partial charge in [-0.1, -0.05) is 17.7 Å². The number of aromatic nitrogens is 1. The molecule has 9 nitrogen and oxygen atoms in total. The number of carbonyl (C=O) groups is 2. The van der Waals surface area contributed by atoms with Gasteiger partial charge in [0.15, 0.2) is 6.10 Å². The van der Waals surface area contributed by atoms with Crippen molar-refractivity contribution < 1.29 is 27.5 Å². The van der Waals surface area contributed by atoms with Crippen LogP contribution in [0.3, 0.4) is 0 Å². The van der Waals surface area contributed by atoms with Gasteiger partial charge in [0, 0.05) is 25.0 Å². The number of benzene rings is 1. The molecule has 1 atom stereocenters. The molecule has 3 rings (SSSR count). The number of ether oxygens (including phenoxy) is 2. The van der Waals surface area contributed by atoms with Crippen molar-refractivity contribution in [3.63, 3.8) is 0 Å². The smallest absolute Gasteiger partial charge is 0.355 e. The summed E-state index contributed by atoms with van der Waals surface area (Å²) in [6, 6.07) is 7.28. The number of anilines is 1. The second-order valence-corrected chi connectivity index (χ2v) is 8.69. The highest BCUT2D eigenvalue weighted by molar-refractivity contribution is 7.89. The maximum atomic E-state index is 12.7. The number of halogens is 1. The summed E-state index contributed by atoms with van der Waals surface area (Å²) in [6.45, 7) is 2.63. The van der Waals surface area contributed by atoms with Gasteiger partial charge in [0.25, 0.3) is 5.91 Å². The molecule has 29 heavy (non-hydrogen) atoms. The lowest BCUT2D eigenvalue weighted by atomic mass is 10.3. The number of sulfonamides is 1. The molecule has 0 unspecified atom stereocenters. The molecule has 0 bridgehead atoms. The lowest BCUT2D eigenvalue weighted by molar-refractivity contribution is -0.123. The first-order valence-electron chi connectivity index (χ1n) is 8.81. The van der Waals surface area contributed by atoms with E-state index in [1.807, 2.05) is 0 Å². The van der Waals surface area contributed by atoms with Crippen molar-refractivity contribution in [1.29, 1.82) is 0 Å². The van der Waals surface area contributed by atoms with Gasteiger partial charge in [0.05, 0.1) is 23.1 Å². The van der Waals surface area contributed by atoms with E-state index in [1.165, 1.54) is 41.7 Å². The third-order valence-corrected chi connectivity index (χ3v) is 6.34. The van der Waals surface area contributed by atoms with Crippen molar-refractivity contribution in [3.8, 4) is 0 Å². The molecule has 156 valence electrons. The highest BCUT2D eigenvalue weighted by Crippen LogP contribution is 2.21. The minimum absolute atomic E-state index is 0.0582. The summed E-state index contributed by atoms with van der Waals surface area (Å²) in [6.07, 6.45) is 0.313. The van der Waals surface area contributed by atoms with Gasteiger partial charge in [-0.15, -0.1) is 0 Å².